The van der Waals surface area contributed by atoms with E-state index >= 15 is 0 Å². The van der Waals surface area contributed by atoms with E-state index in [-0.39, 0.29) is 5.91 Å². The molecule has 0 unspecified atom stereocenters. The molecule has 254 valence electrons. The third kappa shape index (κ3) is 12.1. The second kappa shape index (κ2) is 20.6. The number of carbonyl (C=O) groups excluding carboxylic acids is 3. The van der Waals surface area contributed by atoms with Crippen molar-refractivity contribution in [2.75, 3.05) is 56.3 Å². The number of unbranched alkanes of at least 4 members (excludes halogenated alkanes) is 1. The first-order valence-electron chi connectivity index (χ1n) is 14.7. The van der Waals surface area contributed by atoms with Crippen LogP contribution in [0.5, 0.6) is 34.5 Å². The molecular weight excluding hydrogens is 608 g/mol. The number of amides is 2. The van der Waals surface area contributed by atoms with E-state index in [1.54, 1.807) is 74.9 Å². The van der Waals surface area contributed by atoms with Crippen molar-refractivity contribution in [3.05, 3.63) is 71.8 Å². The summed E-state index contributed by atoms with van der Waals surface area (Å²) in [5.74, 6) is 1.78. The first-order valence-corrected chi connectivity index (χ1v) is 14.7. The van der Waals surface area contributed by atoms with E-state index in [2.05, 4.69) is 10.6 Å². The molecule has 0 saturated carbocycles. The molecule has 0 aliphatic heterocycles. The lowest BCUT2D eigenvalue weighted by molar-refractivity contribution is -0.144. The van der Waals surface area contributed by atoms with Crippen LogP contribution in [0.15, 0.2) is 60.7 Å². The molecule has 0 heterocycles. The van der Waals surface area contributed by atoms with E-state index < -0.39 is 17.9 Å². The van der Waals surface area contributed by atoms with Gasteiger partial charge in [-0.1, -0.05) is 36.5 Å². The van der Waals surface area contributed by atoms with Gasteiger partial charge in [-0.05, 0) is 54.7 Å². The fourth-order valence-electron chi connectivity index (χ4n) is 4.37. The molecule has 0 saturated heterocycles. The van der Waals surface area contributed by atoms with E-state index in [0.29, 0.717) is 60.3 Å². The van der Waals surface area contributed by atoms with Gasteiger partial charge in [0.1, 0.15) is 6.04 Å². The van der Waals surface area contributed by atoms with Crippen LogP contribution in [0.4, 0.5) is 0 Å². The van der Waals surface area contributed by atoms with Crippen LogP contribution in [0.1, 0.15) is 30.4 Å². The summed E-state index contributed by atoms with van der Waals surface area (Å²) in [5, 5.41) is 5.46. The maximum atomic E-state index is 12.5. The average Bonchev–Trinajstić information content (AvgIpc) is 3.09. The quantitative estimate of drug-likeness (QED) is 0.0964. The van der Waals surface area contributed by atoms with Gasteiger partial charge in [0, 0.05) is 18.7 Å². The van der Waals surface area contributed by atoms with E-state index in [1.165, 1.54) is 47.7 Å². The molecule has 2 aromatic carbocycles. The third-order valence-corrected chi connectivity index (χ3v) is 6.69. The predicted molar refractivity (Wildman–Crippen MR) is 179 cm³/mol. The Morgan fingerprint density at radius 2 is 1.06 bits per heavy atom. The Balaban J connectivity index is 1.82. The second-order valence-electron chi connectivity index (χ2n) is 9.72. The van der Waals surface area contributed by atoms with Gasteiger partial charge in [0.2, 0.25) is 23.3 Å². The molecule has 0 spiro atoms. The summed E-state index contributed by atoms with van der Waals surface area (Å²) in [5.41, 5.74) is 1.58. The number of nitrogens with one attached hydrogen (secondary N) is 2. The highest BCUT2D eigenvalue weighted by molar-refractivity contribution is 5.91. The Kier molecular flexibility index (Phi) is 16.6. The van der Waals surface area contributed by atoms with E-state index in [0.717, 1.165) is 11.1 Å². The standard InChI is InChI=1S/C35H44N2O10/c1-41-27-20-24(21-28(42-2)33(27)45-5)14-8-10-17-31(38)36-19-13-12-16-26(35(40)47-7)37-32(39)18-11-9-15-25-22-29(43-3)34(46-6)30(23-25)44-4/h8-11,14-15,17-18,20-23,26H,12-13,16,19H2,1-7H3,(H,36,38)(H,37,39)/b14-8+,15-9+,17-10+,18-11+/t26-/m0/s1. The van der Waals surface area contributed by atoms with Gasteiger partial charge in [-0.2, -0.15) is 0 Å². The molecule has 2 rings (SSSR count). The van der Waals surface area contributed by atoms with Gasteiger partial charge < -0.3 is 43.8 Å². The van der Waals surface area contributed by atoms with Crippen LogP contribution in [0.2, 0.25) is 0 Å². The Morgan fingerprint density at radius 1 is 0.617 bits per heavy atom. The lowest BCUT2D eigenvalue weighted by Crippen LogP contribution is -2.40. The average molecular weight is 653 g/mol. The van der Waals surface area contributed by atoms with Crippen molar-refractivity contribution in [2.24, 2.45) is 0 Å². The zero-order valence-corrected chi connectivity index (χ0v) is 27.9. The molecule has 1 atom stereocenters. The van der Waals surface area contributed by atoms with Gasteiger partial charge in [0.05, 0.1) is 49.8 Å². The van der Waals surface area contributed by atoms with Crippen LogP contribution >= 0.6 is 0 Å². The van der Waals surface area contributed by atoms with Crippen LogP contribution in [-0.2, 0) is 19.1 Å². The third-order valence-electron chi connectivity index (χ3n) is 6.69. The zero-order valence-electron chi connectivity index (χ0n) is 27.9. The number of ether oxygens (including phenoxy) is 7. The number of rotatable bonds is 19. The second-order valence-corrected chi connectivity index (χ2v) is 9.72. The fourth-order valence-corrected chi connectivity index (χ4v) is 4.37. The molecule has 2 N–H and O–H groups in total. The Morgan fingerprint density at radius 3 is 1.47 bits per heavy atom. The molecule has 0 aliphatic carbocycles. The van der Waals surface area contributed by atoms with Gasteiger partial charge in [-0.15, -0.1) is 0 Å². The lowest BCUT2D eigenvalue weighted by atomic mass is 10.1. The van der Waals surface area contributed by atoms with Crippen molar-refractivity contribution < 1.29 is 47.5 Å². The largest absolute Gasteiger partial charge is 0.493 e. The van der Waals surface area contributed by atoms with E-state index in [4.69, 9.17) is 33.2 Å². The van der Waals surface area contributed by atoms with Crippen LogP contribution in [0.25, 0.3) is 12.2 Å². The molecule has 2 aromatic rings. The number of benzene rings is 2. The summed E-state index contributed by atoms with van der Waals surface area (Å²) in [6.07, 6.45) is 14.4. The minimum Gasteiger partial charge on any atom is -0.493 e. The van der Waals surface area contributed by atoms with Crippen molar-refractivity contribution in [1.82, 2.24) is 10.6 Å². The monoisotopic (exact) mass is 652 g/mol. The van der Waals surface area contributed by atoms with Crippen LogP contribution in [0.3, 0.4) is 0 Å². The van der Waals surface area contributed by atoms with Crippen molar-refractivity contribution in [2.45, 2.75) is 25.3 Å². The Bertz CT molecular complexity index is 1410. The van der Waals surface area contributed by atoms with Crippen molar-refractivity contribution >= 4 is 29.9 Å². The minimum absolute atomic E-state index is 0.262. The fraction of sp³-hybridized carbons (Fsp3) is 0.343. The first-order chi connectivity index (χ1) is 22.7. The molecule has 0 aliphatic rings. The number of esters is 1. The summed E-state index contributed by atoms with van der Waals surface area (Å²) in [6, 6.07) is 6.31. The normalized spacial score (nSPS) is 11.9. The van der Waals surface area contributed by atoms with Crippen LogP contribution < -0.4 is 39.1 Å². The molecule has 12 nitrogen and oxygen atoms in total. The van der Waals surface area contributed by atoms with Crippen LogP contribution in [-0.4, -0.2) is 80.1 Å². The smallest absolute Gasteiger partial charge is 0.328 e. The Hall–Kier alpha value is -5.39. The summed E-state index contributed by atoms with van der Waals surface area (Å²) in [7, 11) is 10.5. The van der Waals surface area contributed by atoms with Crippen molar-refractivity contribution in [1.29, 1.82) is 0 Å². The first kappa shape index (κ1) is 37.8. The highest BCUT2D eigenvalue weighted by Gasteiger charge is 2.20. The highest BCUT2D eigenvalue weighted by atomic mass is 16.5. The van der Waals surface area contributed by atoms with Crippen molar-refractivity contribution in [3.8, 4) is 34.5 Å². The van der Waals surface area contributed by atoms with Crippen LogP contribution in [0, 0.1) is 0 Å². The minimum atomic E-state index is -0.827. The molecule has 0 bridgehead atoms. The van der Waals surface area contributed by atoms with E-state index in [1.807, 2.05) is 0 Å². The summed E-state index contributed by atoms with van der Waals surface area (Å²) >= 11 is 0. The van der Waals surface area contributed by atoms with Gasteiger partial charge in [0.15, 0.2) is 23.0 Å². The molecule has 0 fully saturated rings. The lowest BCUT2D eigenvalue weighted by Gasteiger charge is -2.15. The number of hydrogen-bond donors (Lipinski definition) is 2. The predicted octanol–water partition coefficient (Wildman–Crippen LogP) is 4.52. The van der Waals surface area contributed by atoms with Gasteiger partial charge >= 0.3 is 5.97 Å². The molecule has 0 aromatic heterocycles. The van der Waals surface area contributed by atoms with Gasteiger partial charge in [-0.25, -0.2) is 4.79 Å². The highest BCUT2D eigenvalue weighted by Crippen LogP contribution is 2.39. The topological polar surface area (TPSA) is 140 Å². The summed E-state index contributed by atoms with van der Waals surface area (Å²) in [4.78, 5) is 36.9. The molecule has 12 heteroatoms. The van der Waals surface area contributed by atoms with E-state index in [9.17, 15) is 14.4 Å². The maximum absolute atomic E-state index is 12.5. The number of allylic oxidation sites excluding steroid dienone is 4. The number of hydrogen-bond acceptors (Lipinski definition) is 10. The summed E-state index contributed by atoms with van der Waals surface area (Å²) < 4.78 is 36.9. The molecule has 2 amide bonds. The maximum Gasteiger partial charge on any atom is 0.328 e. The molecule has 47 heavy (non-hydrogen) atoms. The van der Waals surface area contributed by atoms with Gasteiger partial charge in [0.25, 0.3) is 0 Å². The van der Waals surface area contributed by atoms with Crippen molar-refractivity contribution in [3.63, 3.8) is 0 Å². The molecule has 0 radical (unpaired) electrons. The number of carbonyl (C=O) groups is 3. The van der Waals surface area contributed by atoms with Gasteiger partial charge in [-0.3, -0.25) is 9.59 Å². The summed E-state index contributed by atoms with van der Waals surface area (Å²) in [6.45, 7) is 0.396. The SMILES string of the molecule is COC(=O)[C@H](CCCCNC(=O)/C=C/C=C/c1cc(OC)c(OC)c(OC)c1)NC(=O)/C=C/C=C/c1cc(OC)c(OC)c(OC)c1. The number of methoxy groups -OCH3 is 7. The zero-order chi connectivity index (χ0) is 34.6. The molecular formula is C35H44N2O10. The Labute approximate surface area is 276 Å².